The Morgan fingerprint density at radius 3 is 1.80 bits per heavy atom. The average molecular weight is 362 g/mol. The Kier molecular flexibility index (Phi) is 5.55. The lowest BCUT2D eigenvalue weighted by Gasteiger charge is -2.10. The van der Waals surface area contributed by atoms with Gasteiger partial charge in [-0.2, -0.15) is 13.2 Å². The summed E-state index contributed by atoms with van der Waals surface area (Å²) in [6.07, 6.45) is -3.76. The summed E-state index contributed by atoms with van der Waals surface area (Å²) < 4.78 is 92.5. The first-order chi connectivity index (χ1) is 11.6. The van der Waals surface area contributed by atoms with Crippen molar-refractivity contribution in [3.8, 4) is 11.1 Å². The molecule has 0 radical (unpaired) electrons. The van der Waals surface area contributed by atoms with Gasteiger partial charge < -0.3 is 0 Å². The van der Waals surface area contributed by atoms with Crippen LogP contribution in [0.15, 0.2) is 30.3 Å². The summed E-state index contributed by atoms with van der Waals surface area (Å²) >= 11 is 0. The fraction of sp³-hybridized carbons (Fsp3) is 0.222. The molecule has 0 aliphatic heterocycles. The SMILES string of the molecule is CCCc1cc(F)c(-c2cc(F)c(/C=C/C(F)(F)F)c(F)c2)c(F)c1. The third-order valence-corrected chi connectivity index (χ3v) is 3.45. The van der Waals surface area contributed by atoms with Gasteiger partial charge in [0, 0.05) is 11.6 Å². The van der Waals surface area contributed by atoms with Gasteiger partial charge in [0.05, 0.1) is 5.56 Å². The first-order valence-corrected chi connectivity index (χ1v) is 7.35. The third-order valence-electron chi connectivity index (χ3n) is 3.45. The van der Waals surface area contributed by atoms with Crippen molar-refractivity contribution in [3.05, 3.63) is 64.7 Å². The molecule has 0 fully saturated rings. The van der Waals surface area contributed by atoms with Crippen molar-refractivity contribution in [1.29, 1.82) is 0 Å². The van der Waals surface area contributed by atoms with E-state index in [1.165, 1.54) is 0 Å². The molecule has 0 spiro atoms. The van der Waals surface area contributed by atoms with E-state index in [1.54, 1.807) is 0 Å². The number of hydrogen-bond donors (Lipinski definition) is 0. The van der Waals surface area contributed by atoms with Gasteiger partial charge in [0.15, 0.2) is 0 Å². The van der Waals surface area contributed by atoms with E-state index in [-0.39, 0.29) is 12.2 Å². The second kappa shape index (κ2) is 7.29. The Hall–Kier alpha value is -2.31. The molecule has 134 valence electrons. The Bertz CT molecular complexity index is 758. The summed E-state index contributed by atoms with van der Waals surface area (Å²) in [5.41, 5.74) is -1.61. The number of allylic oxidation sites excluding steroid dienone is 1. The molecule has 25 heavy (non-hydrogen) atoms. The van der Waals surface area contributed by atoms with Crippen LogP contribution in [0.1, 0.15) is 24.5 Å². The lowest BCUT2D eigenvalue weighted by atomic mass is 9.99. The molecule has 2 aromatic rings. The predicted molar refractivity (Wildman–Crippen MR) is 80.8 cm³/mol. The van der Waals surface area contributed by atoms with E-state index < -0.39 is 46.1 Å². The van der Waals surface area contributed by atoms with Gasteiger partial charge in [-0.15, -0.1) is 0 Å². The number of halogens is 7. The Labute approximate surface area is 139 Å². The second-order valence-corrected chi connectivity index (χ2v) is 5.41. The molecule has 0 N–H and O–H groups in total. The lowest BCUT2D eigenvalue weighted by Crippen LogP contribution is -2.01. The van der Waals surface area contributed by atoms with Crippen LogP contribution in [0.2, 0.25) is 0 Å². The Balaban J connectivity index is 2.51. The lowest BCUT2D eigenvalue weighted by molar-refractivity contribution is -0.0790. The van der Waals surface area contributed by atoms with E-state index in [0.29, 0.717) is 30.5 Å². The number of rotatable bonds is 4. The zero-order valence-corrected chi connectivity index (χ0v) is 13.0. The van der Waals surface area contributed by atoms with Gasteiger partial charge in [-0.05, 0) is 47.9 Å². The maximum atomic E-state index is 14.1. The van der Waals surface area contributed by atoms with Crippen molar-refractivity contribution in [2.45, 2.75) is 25.9 Å². The van der Waals surface area contributed by atoms with Crippen molar-refractivity contribution >= 4 is 6.08 Å². The molecule has 0 heterocycles. The van der Waals surface area contributed by atoms with Crippen molar-refractivity contribution in [1.82, 2.24) is 0 Å². The summed E-state index contributed by atoms with van der Waals surface area (Å²) in [6.45, 7) is 1.82. The molecule has 0 atom stereocenters. The highest BCUT2D eigenvalue weighted by molar-refractivity contribution is 5.68. The van der Waals surface area contributed by atoms with Crippen LogP contribution in [0.25, 0.3) is 17.2 Å². The van der Waals surface area contributed by atoms with Crippen molar-refractivity contribution in [2.24, 2.45) is 0 Å². The number of benzene rings is 2. The minimum atomic E-state index is -4.75. The van der Waals surface area contributed by atoms with Crippen LogP contribution in [0.4, 0.5) is 30.7 Å². The van der Waals surface area contributed by atoms with E-state index in [1.807, 2.05) is 6.92 Å². The van der Waals surface area contributed by atoms with Crippen molar-refractivity contribution in [3.63, 3.8) is 0 Å². The van der Waals surface area contributed by atoms with Crippen LogP contribution >= 0.6 is 0 Å². The number of aryl methyl sites for hydroxylation is 1. The van der Waals surface area contributed by atoms with Crippen LogP contribution in [-0.2, 0) is 6.42 Å². The molecular formula is C18H13F7. The van der Waals surface area contributed by atoms with Gasteiger partial charge in [-0.25, -0.2) is 17.6 Å². The maximum Gasteiger partial charge on any atom is 0.409 e. The van der Waals surface area contributed by atoms with Gasteiger partial charge >= 0.3 is 6.18 Å². The first-order valence-electron chi connectivity index (χ1n) is 7.35. The van der Waals surface area contributed by atoms with E-state index in [9.17, 15) is 30.7 Å². The number of alkyl halides is 3. The fourth-order valence-corrected chi connectivity index (χ4v) is 2.40. The van der Waals surface area contributed by atoms with E-state index in [4.69, 9.17) is 0 Å². The monoisotopic (exact) mass is 362 g/mol. The minimum absolute atomic E-state index is 0.228. The molecule has 0 amide bonds. The molecule has 7 heteroatoms. The molecule has 0 saturated heterocycles. The van der Waals surface area contributed by atoms with Gasteiger partial charge in [0.25, 0.3) is 0 Å². The zero-order chi connectivity index (χ0) is 18.8. The number of hydrogen-bond acceptors (Lipinski definition) is 0. The van der Waals surface area contributed by atoms with Crippen molar-refractivity contribution < 1.29 is 30.7 Å². The van der Waals surface area contributed by atoms with Gasteiger partial charge in [-0.1, -0.05) is 13.3 Å². The molecule has 0 saturated carbocycles. The van der Waals surface area contributed by atoms with Crippen LogP contribution in [0, 0.1) is 23.3 Å². The smallest absolute Gasteiger partial charge is 0.206 e. The topological polar surface area (TPSA) is 0 Å². The third kappa shape index (κ3) is 4.61. The highest BCUT2D eigenvalue weighted by atomic mass is 19.4. The Morgan fingerprint density at radius 1 is 0.840 bits per heavy atom. The zero-order valence-electron chi connectivity index (χ0n) is 13.0. The normalized spacial score (nSPS) is 12.2. The molecule has 2 aromatic carbocycles. The quantitative estimate of drug-likeness (QED) is 0.549. The fourth-order valence-electron chi connectivity index (χ4n) is 2.40. The van der Waals surface area contributed by atoms with Gasteiger partial charge in [0.1, 0.15) is 23.3 Å². The van der Waals surface area contributed by atoms with E-state index in [2.05, 4.69) is 0 Å². The molecule has 0 aliphatic rings. The predicted octanol–water partition coefficient (Wildman–Crippen LogP) is 6.44. The van der Waals surface area contributed by atoms with Crippen LogP contribution in [0.5, 0.6) is 0 Å². The van der Waals surface area contributed by atoms with E-state index in [0.717, 1.165) is 12.1 Å². The molecule has 0 bridgehead atoms. The van der Waals surface area contributed by atoms with Crippen LogP contribution in [0.3, 0.4) is 0 Å². The highest BCUT2D eigenvalue weighted by Gasteiger charge is 2.23. The summed E-state index contributed by atoms with van der Waals surface area (Å²) in [5.74, 6) is -4.71. The largest absolute Gasteiger partial charge is 0.409 e. The summed E-state index contributed by atoms with van der Waals surface area (Å²) in [7, 11) is 0. The molecule has 0 nitrogen and oxygen atoms in total. The van der Waals surface area contributed by atoms with E-state index >= 15 is 0 Å². The summed E-state index contributed by atoms with van der Waals surface area (Å²) in [6, 6.07) is 3.32. The molecule has 2 rings (SSSR count). The average Bonchev–Trinajstić information content (AvgIpc) is 2.44. The minimum Gasteiger partial charge on any atom is -0.206 e. The van der Waals surface area contributed by atoms with Crippen molar-refractivity contribution in [2.75, 3.05) is 0 Å². The van der Waals surface area contributed by atoms with Crippen LogP contribution in [-0.4, -0.2) is 6.18 Å². The standard InChI is InChI=1S/C18H13F7/c1-2-3-10-6-15(21)17(16(22)7-10)11-8-13(19)12(14(20)9-11)4-5-18(23,24)25/h4-9H,2-3H2,1H3/b5-4+. The summed E-state index contributed by atoms with van der Waals surface area (Å²) in [4.78, 5) is 0. The molecular weight excluding hydrogens is 349 g/mol. The molecule has 0 aliphatic carbocycles. The highest BCUT2D eigenvalue weighted by Crippen LogP contribution is 2.31. The Morgan fingerprint density at radius 2 is 1.36 bits per heavy atom. The van der Waals surface area contributed by atoms with Gasteiger partial charge in [-0.3, -0.25) is 0 Å². The summed E-state index contributed by atoms with van der Waals surface area (Å²) in [5, 5.41) is 0. The second-order valence-electron chi connectivity index (χ2n) is 5.41. The molecule has 0 unspecified atom stereocenters. The van der Waals surface area contributed by atoms with Gasteiger partial charge in [0.2, 0.25) is 0 Å². The maximum absolute atomic E-state index is 14.1. The first kappa shape index (κ1) is 19.0. The van der Waals surface area contributed by atoms with Crippen LogP contribution < -0.4 is 0 Å². The molecule has 0 aromatic heterocycles.